The van der Waals surface area contributed by atoms with Crippen molar-refractivity contribution in [1.82, 2.24) is 0 Å². The Kier molecular flexibility index (Phi) is 3.35. The molecule has 0 amide bonds. The van der Waals surface area contributed by atoms with Crippen molar-refractivity contribution in [3.63, 3.8) is 0 Å². The summed E-state index contributed by atoms with van der Waals surface area (Å²) in [7, 11) is 0. The van der Waals surface area contributed by atoms with E-state index in [2.05, 4.69) is 0 Å². The lowest BCUT2D eigenvalue weighted by Gasteiger charge is -2.09. The maximum absolute atomic E-state index is 13.0. The third kappa shape index (κ3) is 2.53. The van der Waals surface area contributed by atoms with Crippen LogP contribution in [-0.4, -0.2) is 0 Å². The van der Waals surface area contributed by atoms with Gasteiger partial charge in [0.25, 0.3) is 0 Å². The normalized spacial score (nSPS) is 9.83. The zero-order chi connectivity index (χ0) is 13.1. The van der Waals surface area contributed by atoms with Gasteiger partial charge >= 0.3 is 0 Å². The number of nitriles is 1. The summed E-state index contributed by atoms with van der Waals surface area (Å²) in [4.78, 5) is 0. The lowest BCUT2D eigenvalue weighted by Crippen LogP contribution is -1.94. The maximum atomic E-state index is 13.0. The fraction of sp³-hybridized carbons (Fsp3) is 0. The summed E-state index contributed by atoms with van der Waals surface area (Å²) in [5, 5.41) is 9.37. The summed E-state index contributed by atoms with van der Waals surface area (Å²) in [6.45, 7) is 0. The van der Waals surface area contributed by atoms with Crippen molar-refractivity contribution in [2.24, 2.45) is 0 Å². The topological polar surface area (TPSA) is 59.0 Å². The molecule has 3 nitrogen and oxygen atoms in total. The van der Waals surface area contributed by atoms with Gasteiger partial charge in [0, 0.05) is 5.02 Å². The van der Waals surface area contributed by atoms with Gasteiger partial charge in [-0.25, -0.2) is 4.39 Å². The molecular formula is C13H8ClFN2O. The first-order valence-electron chi connectivity index (χ1n) is 5.02. The monoisotopic (exact) mass is 262 g/mol. The molecule has 18 heavy (non-hydrogen) atoms. The zero-order valence-electron chi connectivity index (χ0n) is 9.15. The SMILES string of the molecule is N#Cc1cc(F)ccc1Oc1ccc(Cl)cc1N. The minimum atomic E-state index is -0.497. The Morgan fingerprint density at radius 3 is 2.56 bits per heavy atom. The molecule has 0 unspecified atom stereocenters. The van der Waals surface area contributed by atoms with Crippen LogP contribution in [0.1, 0.15) is 5.56 Å². The molecule has 0 aromatic heterocycles. The van der Waals surface area contributed by atoms with Crippen LogP contribution in [0.2, 0.25) is 5.02 Å². The van der Waals surface area contributed by atoms with Crippen LogP contribution in [0.25, 0.3) is 0 Å². The molecule has 0 aliphatic rings. The van der Waals surface area contributed by atoms with Crippen molar-refractivity contribution in [3.8, 4) is 17.6 Å². The highest BCUT2D eigenvalue weighted by atomic mass is 35.5. The van der Waals surface area contributed by atoms with Crippen LogP contribution in [0.4, 0.5) is 10.1 Å². The van der Waals surface area contributed by atoms with Crippen molar-refractivity contribution in [2.75, 3.05) is 5.73 Å². The number of nitrogens with two attached hydrogens (primary N) is 1. The van der Waals surface area contributed by atoms with E-state index in [1.165, 1.54) is 18.2 Å². The number of halogens is 2. The highest BCUT2D eigenvalue weighted by Crippen LogP contribution is 2.31. The van der Waals surface area contributed by atoms with Gasteiger partial charge in [-0.1, -0.05) is 11.6 Å². The summed E-state index contributed by atoms with van der Waals surface area (Å²) in [5.41, 5.74) is 6.17. The van der Waals surface area contributed by atoms with Gasteiger partial charge in [0.2, 0.25) is 0 Å². The second-order valence-corrected chi connectivity index (χ2v) is 3.97. The molecule has 0 radical (unpaired) electrons. The minimum absolute atomic E-state index is 0.101. The second-order valence-electron chi connectivity index (χ2n) is 3.54. The van der Waals surface area contributed by atoms with Gasteiger partial charge in [0.15, 0.2) is 0 Å². The van der Waals surface area contributed by atoms with E-state index in [9.17, 15) is 4.39 Å². The molecule has 2 rings (SSSR count). The largest absolute Gasteiger partial charge is 0.454 e. The van der Waals surface area contributed by atoms with Crippen LogP contribution in [0, 0.1) is 17.1 Å². The number of hydrogen-bond acceptors (Lipinski definition) is 3. The van der Waals surface area contributed by atoms with Crippen LogP contribution in [-0.2, 0) is 0 Å². The van der Waals surface area contributed by atoms with E-state index in [1.54, 1.807) is 12.1 Å². The Morgan fingerprint density at radius 1 is 1.17 bits per heavy atom. The Hall–Kier alpha value is -2.25. The number of rotatable bonds is 2. The van der Waals surface area contributed by atoms with Crippen molar-refractivity contribution < 1.29 is 9.13 Å². The van der Waals surface area contributed by atoms with Gasteiger partial charge < -0.3 is 10.5 Å². The van der Waals surface area contributed by atoms with E-state index < -0.39 is 5.82 Å². The molecule has 90 valence electrons. The van der Waals surface area contributed by atoms with E-state index >= 15 is 0 Å². The van der Waals surface area contributed by atoms with Crippen LogP contribution in [0.15, 0.2) is 36.4 Å². The van der Waals surface area contributed by atoms with Gasteiger partial charge in [0.05, 0.1) is 11.3 Å². The summed E-state index contributed by atoms with van der Waals surface area (Å²) >= 11 is 5.76. The number of nitrogen functional groups attached to an aromatic ring is 1. The summed E-state index contributed by atoms with van der Waals surface area (Å²) in [5.74, 6) is 0.110. The predicted molar refractivity (Wildman–Crippen MR) is 67.1 cm³/mol. The quantitative estimate of drug-likeness (QED) is 0.839. The average Bonchev–Trinajstić information content (AvgIpc) is 2.34. The molecule has 5 heteroatoms. The number of ether oxygens (including phenoxy) is 1. The number of benzene rings is 2. The molecular weight excluding hydrogens is 255 g/mol. The molecule has 0 heterocycles. The Morgan fingerprint density at radius 2 is 1.89 bits per heavy atom. The molecule has 2 aromatic carbocycles. The molecule has 0 atom stereocenters. The van der Waals surface area contributed by atoms with E-state index in [0.717, 1.165) is 6.07 Å². The smallest absolute Gasteiger partial charge is 0.150 e. The van der Waals surface area contributed by atoms with Crippen molar-refractivity contribution in [3.05, 3.63) is 52.8 Å². The molecule has 0 aliphatic carbocycles. The number of nitrogens with zero attached hydrogens (tertiary/aromatic N) is 1. The minimum Gasteiger partial charge on any atom is -0.454 e. The van der Waals surface area contributed by atoms with Crippen LogP contribution >= 0.6 is 11.6 Å². The molecule has 0 spiro atoms. The van der Waals surface area contributed by atoms with Crippen LogP contribution in [0.5, 0.6) is 11.5 Å². The fourth-order valence-corrected chi connectivity index (χ4v) is 1.59. The number of hydrogen-bond donors (Lipinski definition) is 1. The lowest BCUT2D eigenvalue weighted by atomic mass is 10.2. The third-order valence-corrected chi connectivity index (χ3v) is 2.49. The van der Waals surface area contributed by atoms with Gasteiger partial charge in [-0.05, 0) is 36.4 Å². The highest BCUT2D eigenvalue weighted by Gasteiger charge is 2.08. The summed E-state index contributed by atoms with van der Waals surface area (Å²) in [6.07, 6.45) is 0. The van der Waals surface area contributed by atoms with Gasteiger partial charge in [-0.2, -0.15) is 5.26 Å². The van der Waals surface area contributed by atoms with Crippen LogP contribution < -0.4 is 10.5 Å². The van der Waals surface area contributed by atoms with Gasteiger partial charge in [0.1, 0.15) is 23.4 Å². The maximum Gasteiger partial charge on any atom is 0.150 e. The first-order valence-corrected chi connectivity index (χ1v) is 5.40. The third-order valence-electron chi connectivity index (χ3n) is 2.25. The average molecular weight is 263 g/mol. The predicted octanol–water partition coefficient (Wildman–Crippen LogP) is 3.73. The highest BCUT2D eigenvalue weighted by molar-refractivity contribution is 6.30. The van der Waals surface area contributed by atoms with E-state index in [-0.39, 0.29) is 11.3 Å². The Bertz CT molecular complexity index is 637. The standard InChI is InChI=1S/C13H8ClFN2O/c14-9-1-3-13(11(17)6-9)18-12-4-2-10(15)5-8(12)7-16/h1-6H,17H2. The van der Waals surface area contributed by atoms with Crippen LogP contribution in [0.3, 0.4) is 0 Å². The summed E-state index contributed by atoms with van der Waals surface area (Å²) in [6, 6.07) is 10.3. The zero-order valence-corrected chi connectivity index (χ0v) is 9.91. The van der Waals surface area contributed by atoms with Crippen molar-refractivity contribution in [1.29, 1.82) is 5.26 Å². The van der Waals surface area contributed by atoms with Gasteiger partial charge in [-0.15, -0.1) is 0 Å². The molecule has 0 aliphatic heterocycles. The number of anilines is 1. The second kappa shape index (κ2) is 4.94. The lowest BCUT2D eigenvalue weighted by molar-refractivity contribution is 0.481. The molecule has 0 saturated heterocycles. The van der Waals surface area contributed by atoms with E-state index in [1.807, 2.05) is 6.07 Å². The van der Waals surface area contributed by atoms with Gasteiger partial charge in [-0.3, -0.25) is 0 Å². The van der Waals surface area contributed by atoms with E-state index in [4.69, 9.17) is 27.3 Å². The van der Waals surface area contributed by atoms with E-state index in [0.29, 0.717) is 16.5 Å². The Labute approximate surface area is 108 Å². The summed E-state index contributed by atoms with van der Waals surface area (Å²) < 4.78 is 18.4. The Balaban J connectivity index is 2.37. The molecule has 0 bridgehead atoms. The molecule has 0 saturated carbocycles. The molecule has 2 aromatic rings. The van der Waals surface area contributed by atoms with Crippen molar-refractivity contribution >= 4 is 17.3 Å². The van der Waals surface area contributed by atoms with Crippen molar-refractivity contribution in [2.45, 2.75) is 0 Å². The molecule has 2 N–H and O–H groups in total. The fourth-order valence-electron chi connectivity index (χ4n) is 1.41. The first-order chi connectivity index (χ1) is 8.60. The molecule has 0 fully saturated rings. The first kappa shape index (κ1) is 12.2.